The number of carbonyl (C=O) groups excluding carboxylic acids is 1. The second-order valence-corrected chi connectivity index (χ2v) is 8.23. The molecule has 0 radical (unpaired) electrons. The molecule has 1 N–H and O–H groups in total. The second-order valence-electron chi connectivity index (χ2n) is 8.23. The highest BCUT2D eigenvalue weighted by molar-refractivity contribution is 5.93. The van der Waals surface area contributed by atoms with E-state index in [0.29, 0.717) is 0 Å². The SMILES string of the molecule is CCCc1ccccc1NC(=O)[C@@H]1CCCN(Cc2nc3ccccc3n2CC)C1. The van der Waals surface area contributed by atoms with Crippen LogP contribution in [0, 0.1) is 5.92 Å². The Morgan fingerprint density at radius 1 is 1.13 bits per heavy atom. The van der Waals surface area contributed by atoms with Gasteiger partial charge in [0, 0.05) is 18.8 Å². The number of hydrogen-bond donors (Lipinski definition) is 1. The van der Waals surface area contributed by atoms with Gasteiger partial charge in [0.2, 0.25) is 5.91 Å². The molecule has 2 heterocycles. The van der Waals surface area contributed by atoms with Gasteiger partial charge in [-0.2, -0.15) is 0 Å². The number of imidazole rings is 1. The van der Waals surface area contributed by atoms with Crippen molar-refractivity contribution in [3.63, 3.8) is 0 Å². The lowest BCUT2D eigenvalue weighted by molar-refractivity contribution is -0.121. The minimum absolute atomic E-state index is 0.0212. The predicted octanol–water partition coefficient (Wildman–Crippen LogP) is 4.86. The number of benzene rings is 2. The summed E-state index contributed by atoms with van der Waals surface area (Å²) < 4.78 is 2.29. The van der Waals surface area contributed by atoms with Crippen molar-refractivity contribution in [3.05, 3.63) is 59.9 Å². The molecule has 158 valence electrons. The molecule has 5 heteroatoms. The smallest absolute Gasteiger partial charge is 0.228 e. The lowest BCUT2D eigenvalue weighted by atomic mass is 9.96. The van der Waals surface area contributed by atoms with Gasteiger partial charge in [-0.3, -0.25) is 9.69 Å². The molecule has 0 unspecified atom stereocenters. The summed E-state index contributed by atoms with van der Waals surface area (Å²) in [6, 6.07) is 16.5. The minimum atomic E-state index is 0.0212. The first-order chi connectivity index (χ1) is 14.7. The fourth-order valence-electron chi connectivity index (χ4n) is 4.58. The lowest BCUT2D eigenvalue weighted by Crippen LogP contribution is -2.40. The van der Waals surface area contributed by atoms with Gasteiger partial charge in [0.1, 0.15) is 5.82 Å². The molecule has 0 aliphatic carbocycles. The van der Waals surface area contributed by atoms with E-state index in [1.54, 1.807) is 0 Å². The van der Waals surface area contributed by atoms with Crippen molar-refractivity contribution in [1.82, 2.24) is 14.5 Å². The van der Waals surface area contributed by atoms with E-state index in [1.165, 1.54) is 11.1 Å². The number of nitrogens with one attached hydrogen (secondary N) is 1. The first-order valence-electron chi connectivity index (χ1n) is 11.2. The van der Waals surface area contributed by atoms with Gasteiger partial charge in [0.15, 0.2) is 0 Å². The van der Waals surface area contributed by atoms with E-state index in [9.17, 15) is 4.79 Å². The number of nitrogens with zero attached hydrogens (tertiary/aromatic N) is 3. The Bertz CT molecular complexity index is 1010. The van der Waals surface area contributed by atoms with Crippen LogP contribution < -0.4 is 5.32 Å². The van der Waals surface area contributed by atoms with Crippen molar-refractivity contribution in [2.45, 2.75) is 52.6 Å². The van der Waals surface area contributed by atoms with Gasteiger partial charge < -0.3 is 9.88 Å². The highest BCUT2D eigenvalue weighted by Crippen LogP contribution is 2.24. The fourth-order valence-corrected chi connectivity index (χ4v) is 4.58. The molecule has 3 aromatic rings. The van der Waals surface area contributed by atoms with Gasteiger partial charge in [0.05, 0.1) is 23.5 Å². The van der Waals surface area contributed by atoms with Crippen LogP contribution in [-0.4, -0.2) is 33.4 Å². The Morgan fingerprint density at radius 3 is 2.77 bits per heavy atom. The van der Waals surface area contributed by atoms with Crippen molar-refractivity contribution in [2.24, 2.45) is 5.92 Å². The first-order valence-corrected chi connectivity index (χ1v) is 11.2. The van der Waals surface area contributed by atoms with Crippen molar-refractivity contribution in [2.75, 3.05) is 18.4 Å². The van der Waals surface area contributed by atoms with E-state index in [1.807, 2.05) is 24.3 Å². The molecule has 0 saturated carbocycles. The maximum atomic E-state index is 13.0. The maximum Gasteiger partial charge on any atom is 0.228 e. The van der Waals surface area contributed by atoms with Crippen LogP contribution in [0.2, 0.25) is 0 Å². The van der Waals surface area contributed by atoms with E-state index < -0.39 is 0 Å². The maximum absolute atomic E-state index is 13.0. The molecule has 30 heavy (non-hydrogen) atoms. The molecule has 1 aliphatic rings. The number of carbonyl (C=O) groups is 1. The molecule has 0 bridgehead atoms. The number of amides is 1. The third-order valence-electron chi connectivity index (χ3n) is 6.09. The first kappa shape index (κ1) is 20.6. The zero-order valence-electron chi connectivity index (χ0n) is 18.1. The topological polar surface area (TPSA) is 50.2 Å². The van der Waals surface area contributed by atoms with Gasteiger partial charge in [-0.25, -0.2) is 4.98 Å². The van der Waals surface area contributed by atoms with Crippen LogP contribution in [0.1, 0.15) is 44.5 Å². The summed E-state index contributed by atoms with van der Waals surface area (Å²) in [6.07, 6.45) is 4.05. The number of para-hydroxylation sites is 3. The van der Waals surface area contributed by atoms with Crippen LogP contribution >= 0.6 is 0 Å². The van der Waals surface area contributed by atoms with Crippen molar-refractivity contribution in [3.8, 4) is 0 Å². The quantitative estimate of drug-likeness (QED) is 0.612. The molecule has 1 aliphatic heterocycles. The van der Waals surface area contributed by atoms with Crippen LogP contribution in [0.4, 0.5) is 5.69 Å². The lowest BCUT2D eigenvalue weighted by Gasteiger charge is -2.32. The Kier molecular flexibility index (Phi) is 6.48. The van der Waals surface area contributed by atoms with Crippen LogP contribution in [0.15, 0.2) is 48.5 Å². The van der Waals surface area contributed by atoms with Gasteiger partial charge in [-0.05, 0) is 56.5 Å². The summed E-state index contributed by atoms with van der Waals surface area (Å²) in [5.74, 6) is 1.26. The number of piperidine rings is 1. The normalized spacial score (nSPS) is 17.3. The molecule has 0 spiro atoms. The summed E-state index contributed by atoms with van der Waals surface area (Å²) in [5, 5.41) is 3.21. The van der Waals surface area contributed by atoms with Crippen LogP contribution in [-0.2, 0) is 24.3 Å². The fraction of sp³-hybridized carbons (Fsp3) is 0.440. The Morgan fingerprint density at radius 2 is 1.93 bits per heavy atom. The number of fused-ring (bicyclic) bond motifs is 1. The average molecular weight is 405 g/mol. The van der Waals surface area contributed by atoms with Gasteiger partial charge in [-0.1, -0.05) is 43.7 Å². The van der Waals surface area contributed by atoms with Crippen LogP contribution in [0.3, 0.4) is 0 Å². The van der Waals surface area contributed by atoms with E-state index in [-0.39, 0.29) is 11.8 Å². The number of aromatic nitrogens is 2. The summed E-state index contributed by atoms with van der Waals surface area (Å²) >= 11 is 0. The summed E-state index contributed by atoms with van der Waals surface area (Å²) in [6.45, 7) is 7.83. The van der Waals surface area contributed by atoms with Crippen molar-refractivity contribution in [1.29, 1.82) is 0 Å². The molecular weight excluding hydrogens is 372 g/mol. The number of aryl methyl sites for hydroxylation is 2. The monoisotopic (exact) mass is 404 g/mol. The van der Waals surface area contributed by atoms with Crippen molar-refractivity contribution < 1.29 is 4.79 Å². The van der Waals surface area contributed by atoms with E-state index in [2.05, 4.69) is 52.9 Å². The third kappa shape index (κ3) is 4.41. The van der Waals surface area contributed by atoms with Gasteiger partial charge >= 0.3 is 0 Å². The molecule has 4 rings (SSSR count). The summed E-state index contributed by atoms with van der Waals surface area (Å²) in [5.41, 5.74) is 4.42. The minimum Gasteiger partial charge on any atom is -0.327 e. The van der Waals surface area contributed by atoms with E-state index in [4.69, 9.17) is 4.98 Å². The Hall–Kier alpha value is -2.66. The zero-order valence-corrected chi connectivity index (χ0v) is 18.1. The van der Waals surface area contributed by atoms with Gasteiger partial charge in [0.25, 0.3) is 0 Å². The molecule has 2 aromatic carbocycles. The standard InChI is InChI=1S/C25H32N4O/c1-3-10-19-11-5-6-13-21(19)27-25(30)20-12-9-16-28(17-20)18-24-26-22-14-7-8-15-23(22)29(24)4-2/h5-8,11,13-15,20H,3-4,9-10,12,16-18H2,1-2H3,(H,27,30)/t20-/m1/s1. The molecule has 1 atom stereocenters. The van der Waals surface area contributed by atoms with Gasteiger partial charge in [-0.15, -0.1) is 0 Å². The van der Waals surface area contributed by atoms with E-state index >= 15 is 0 Å². The molecule has 1 aromatic heterocycles. The molecule has 1 saturated heterocycles. The number of rotatable bonds is 7. The predicted molar refractivity (Wildman–Crippen MR) is 122 cm³/mol. The molecule has 1 amide bonds. The second kappa shape index (κ2) is 9.43. The number of anilines is 1. The Balaban J connectivity index is 1.44. The Labute approximate surface area is 179 Å². The van der Waals surface area contributed by atoms with Crippen molar-refractivity contribution >= 4 is 22.6 Å². The summed E-state index contributed by atoms with van der Waals surface area (Å²) in [4.78, 5) is 20.3. The number of likely N-dealkylation sites (tertiary alicyclic amines) is 1. The van der Waals surface area contributed by atoms with Crippen LogP contribution in [0.5, 0.6) is 0 Å². The van der Waals surface area contributed by atoms with Crippen LogP contribution in [0.25, 0.3) is 11.0 Å². The highest BCUT2D eigenvalue weighted by Gasteiger charge is 2.27. The largest absolute Gasteiger partial charge is 0.327 e. The van der Waals surface area contributed by atoms with E-state index in [0.717, 1.165) is 68.9 Å². The third-order valence-corrected chi connectivity index (χ3v) is 6.09. The summed E-state index contributed by atoms with van der Waals surface area (Å²) in [7, 11) is 0. The number of hydrogen-bond acceptors (Lipinski definition) is 3. The zero-order chi connectivity index (χ0) is 20.9. The molecule has 5 nitrogen and oxygen atoms in total. The highest BCUT2D eigenvalue weighted by atomic mass is 16.1. The molecule has 1 fully saturated rings. The average Bonchev–Trinajstić information content (AvgIpc) is 3.12. The molecular formula is C25H32N4O.